The van der Waals surface area contributed by atoms with Crippen LogP contribution in [0.1, 0.15) is 12.1 Å². The largest absolute Gasteiger partial charge is 0.468 e. The zero-order valence-corrected chi connectivity index (χ0v) is 9.54. The van der Waals surface area contributed by atoms with Gasteiger partial charge in [-0.1, -0.05) is 11.8 Å². The molecule has 0 aliphatic heterocycles. The third-order valence-electron chi connectivity index (χ3n) is 1.76. The van der Waals surface area contributed by atoms with Crippen LogP contribution in [0.3, 0.4) is 0 Å². The van der Waals surface area contributed by atoms with E-state index in [9.17, 15) is 4.79 Å². The summed E-state index contributed by atoms with van der Waals surface area (Å²) < 4.78 is 9.63. The SMILES string of the molecule is COC(=O)C(N)CCSc1nc(C)co1. The number of aryl methyl sites for hydroxylation is 1. The summed E-state index contributed by atoms with van der Waals surface area (Å²) in [6, 6.07) is -0.571. The molecule has 0 saturated heterocycles. The van der Waals surface area contributed by atoms with Crippen molar-refractivity contribution in [3.8, 4) is 0 Å². The van der Waals surface area contributed by atoms with Gasteiger partial charge in [0.25, 0.3) is 5.22 Å². The molecule has 15 heavy (non-hydrogen) atoms. The Morgan fingerprint density at radius 2 is 2.53 bits per heavy atom. The van der Waals surface area contributed by atoms with Gasteiger partial charge < -0.3 is 14.9 Å². The van der Waals surface area contributed by atoms with Crippen LogP contribution in [0.15, 0.2) is 15.9 Å². The number of aromatic nitrogens is 1. The average Bonchev–Trinajstić information content (AvgIpc) is 2.63. The summed E-state index contributed by atoms with van der Waals surface area (Å²) in [5.41, 5.74) is 6.40. The minimum Gasteiger partial charge on any atom is -0.468 e. The van der Waals surface area contributed by atoms with Crippen LogP contribution in [0, 0.1) is 6.92 Å². The van der Waals surface area contributed by atoms with Gasteiger partial charge in [-0.05, 0) is 13.3 Å². The Balaban J connectivity index is 2.24. The van der Waals surface area contributed by atoms with Crippen LogP contribution in [0.2, 0.25) is 0 Å². The number of hydrogen-bond acceptors (Lipinski definition) is 6. The molecule has 1 aromatic heterocycles. The Hall–Kier alpha value is -1.01. The minimum absolute atomic E-state index is 0.390. The fraction of sp³-hybridized carbons (Fsp3) is 0.556. The Morgan fingerprint density at radius 1 is 1.80 bits per heavy atom. The molecule has 0 radical (unpaired) electrons. The van der Waals surface area contributed by atoms with Gasteiger partial charge in [0.05, 0.1) is 12.8 Å². The molecule has 5 nitrogen and oxygen atoms in total. The first-order valence-corrected chi connectivity index (χ1v) is 5.50. The van der Waals surface area contributed by atoms with Crippen molar-refractivity contribution in [3.05, 3.63) is 12.0 Å². The van der Waals surface area contributed by atoms with Crippen LogP contribution >= 0.6 is 11.8 Å². The second-order valence-corrected chi connectivity index (χ2v) is 4.07. The third-order valence-corrected chi connectivity index (χ3v) is 2.63. The van der Waals surface area contributed by atoms with E-state index in [0.717, 1.165) is 5.69 Å². The maximum absolute atomic E-state index is 11.0. The van der Waals surface area contributed by atoms with Gasteiger partial charge >= 0.3 is 5.97 Å². The monoisotopic (exact) mass is 230 g/mol. The highest BCUT2D eigenvalue weighted by atomic mass is 32.2. The molecule has 0 spiro atoms. The highest BCUT2D eigenvalue weighted by Gasteiger charge is 2.13. The molecule has 0 bridgehead atoms. The van der Waals surface area contributed by atoms with Crippen molar-refractivity contribution < 1.29 is 13.9 Å². The van der Waals surface area contributed by atoms with Gasteiger partial charge in [-0.15, -0.1) is 0 Å². The summed E-state index contributed by atoms with van der Waals surface area (Å²) in [5.74, 6) is 0.287. The fourth-order valence-electron chi connectivity index (χ4n) is 0.941. The van der Waals surface area contributed by atoms with Crippen molar-refractivity contribution in [2.45, 2.75) is 24.6 Å². The van der Waals surface area contributed by atoms with Gasteiger partial charge in [0.1, 0.15) is 12.3 Å². The first kappa shape index (κ1) is 12.1. The van der Waals surface area contributed by atoms with E-state index < -0.39 is 6.04 Å². The van der Waals surface area contributed by atoms with Gasteiger partial charge in [0.2, 0.25) is 0 Å². The van der Waals surface area contributed by atoms with Crippen molar-refractivity contribution >= 4 is 17.7 Å². The topological polar surface area (TPSA) is 78.4 Å². The number of rotatable bonds is 5. The summed E-state index contributed by atoms with van der Waals surface area (Å²) >= 11 is 1.43. The van der Waals surface area contributed by atoms with Crippen LogP contribution in [0.5, 0.6) is 0 Å². The fourth-order valence-corrected chi connectivity index (χ4v) is 1.81. The van der Waals surface area contributed by atoms with E-state index in [2.05, 4.69) is 9.72 Å². The van der Waals surface area contributed by atoms with Crippen LogP contribution in [-0.4, -0.2) is 29.9 Å². The van der Waals surface area contributed by atoms with E-state index in [1.165, 1.54) is 18.9 Å². The van der Waals surface area contributed by atoms with Gasteiger partial charge in [0, 0.05) is 5.75 Å². The number of ether oxygens (including phenoxy) is 1. The maximum atomic E-state index is 11.0. The van der Waals surface area contributed by atoms with E-state index >= 15 is 0 Å². The Morgan fingerprint density at radius 3 is 3.07 bits per heavy atom. The summed E-state index contributed by atoms with van der Waals surface area (Å²) in [6.45, 7) is 1.85. The summed E-state index contributed by atoms with van der Waals surface area (Å²) in [4.78, 5) is 15.1. The van der Waals surface area contributed by atoms with Crippen molar-refractivity contribution in [2.24, 2.45) is 5.73 Å². The molecule has 6 heteroatoms. The van der Waals surface area contributed by atoms with Gasteiger partial charge in [-0.25, -0.2) is 4.98 Å². The van der Waals surface area contributed by atoms with Crippen molar-refractivity contribution in [1.29, 1.82) is 0 Å². The zero-order valence-electron chi connectivity index (χ0n) is 8.73. The molecule has 2 N–H and O–H groups in total. The minimum atomic E-state index is -0.571. The number of carbonyl (C=O) groups is 1. The van der Waals surface area contributed by atoms with Crippen molar-refractivity contribution in [1.82, 2.24) is 4.98 Å². The lowest BCUT2D eigenvalue weighted by Crippen LogP contribution is -2.31. The van der Waals surface area contributed by atoms with Crippen LogP contribution in [0.4, 0.5) is 0 Å². The second-order valence-electron chi connectivity index (χ2n) is 3.02. The molecule has 1 unspecified atom stereocenters. The van der Waals surface area contributed by atoms with Gasteiger partial charge in [-0.2, -0.15) is 0 Å². The standard InChI is InChI=1S/C9H14N2O3S/c1-6-5-14-9(11-6)15-4-3-7(10)8(12)13-2/h5,7H,3-4,10H2,1-2H3. The first-order chi connectivity index (χ1) is 7.13. The number of oxazole rings is 1. The average molecular weight is 230 g/mol. The molecule has 0 amide bonds. The van der Waals surface area contributed by atoms with Crippen molar-refractivity contribution in [2.75, 3.05) is 12.9 Å². The third kappa shape index (κ3) is 3.93. The lowest BCUT2D eigenvalue weighted by Gasteiger charge is -2.06. The zero-order chi connectivity index (χ0) is 11.3. The highest BCUT2D eigenvalue weighted by Crippen LogP contribution is 2.17. The molecule has 1 atom stereocenters. The Kier molecular flexibility index (Phi) is 4.64. The maximum Gasteiger partial charge on any atom is 0.322 e. The first-order valence-electron chi connectivity index (χ1n) is 4.52. The van der Waals surface area contributed by atoms with Gasteiger partial charge in [-0.3, -0.25) is 4.79 Å². The van der Waals surface area contributed by atoms with E-state index in [4.69, 9.17) is 10.2 Å². The Bertz CT molecular complexity index is 327. The predicted molar refractivity (Wildman–Crippen MR) is 56.6 cm³/mol. The molecular formula is C9H14N2O3S. The number of hydrogen-bond donors (Lipinski definition) is 1. The number of thioether (sulfide) groups is 1. The normalized spacial score (nSPS) is 12.5. The molecule has 1 rings (SSSR count). The number of methoxy groups -OCH3 is 1. The van der Waals surface area contributed by atoms with Crippen LogP contribution < -0.4 is 5.73 Å². The van der Waals surface area contributed by atoms with E-state index in [1.54, 1.807) is 6.26 Å². The molecule has 1 heterocycles. The highest BCUT2D eigenvalue weighted by molar-refractivity contribution is 7.99. The molecule has 0 aromatic carbocycles. The number of nitrogens with two attached hydrogens (primary N) is 1. The Labute approximate surface area is 92.4 Å². The number of esters is 1. The van der Waals surface area contributed by atoms with Gasteiger partial charge in [0.15, 0.2) is 0 Å². The van der Waals surface area contributed by atoms with Crippen molar-refractivity contribution in [3.63, 3.8) is 0 Å². The summed E-state index contributed by atoms with van der Waals surface area (Å²) in [7, 11) is 1.33. The molecular weight excluding hydrogens is 216 g/mol. The van der Waals surface area contributed by atoms with E-state index in [0.29, 0.717) is 17.4 Å². The summed E-state index contributed by atoms with van der Waals surface area (Å²) in [6.07, 6.45) is 2.13. The summed E-state index contributed by atoms with van der Waals surface area (Å²) in [5, 5.41) is 0.601. The number of nitrogens with zero attached hydrogens (tertiary/aromatic N) is 1. The molecule has 0 fully saturated rings. The molecule has 0 saturated carbocycles. The molecule has 84 valence electrons. The van der Waals surface area contributed by atoms with E-state index in [1.807, 2.05) is 6.92 Å². The van der Waals surface area contributed by atoms with E-state index in [-0.39, 0.29) is 5.97 Å². The smallest absolute Gasteiger partial charge is 0.322 e. The quantitative estimate of drug-likeness (QED) is 0.599. The van der Waals surface area contributed by atoms with Crippen LogP contribution in [0.25, 0.3) is 0 Å². The lowest BCUT2D eigenvalue weighted by atomic mass is 10.2. The van der Waals surface area contributed by atoms with Crippen LogP contribution in [-0.2, 0) is 9.53 Å². The molecule has 0 aliphatic rings. The second kappa shape index (κ2) is 5.77. The molecule has 0 aliphatic carbocycles. The number of carbonyl (C=O) groups excluding carboxylic acids is 1. The molecule has 1 aromatic rings. The lowest BCUT2D eigenvalue weighted by molar-refractivity contribution is -0.142. The predicted octanol–water partition coefficient (Wildman–Crippen LogP) is 0.966.